The highest BCUT2D eigenvalue weighted by molar-refractivity contribution is 5.81. The van der Waals surface area contributed by atoms with Crippen LogP contribution in [0, 0.1) is 0 Å². The number of amides is 1. The molecule has 1 heterocycles. The Morgan fingerprint density at radius 1 is 1.32 bits per heavy atom. The highest BCUT2D eigenvalue weighted by Gasteiger charge is 2.15. The molecule has 5 nitrogen and oxygen atoms in total. The zero-order valence-corrected chi connectivity index (χ0v) is 11.5. The molecule has 0 saturated carbocycles. The van der Waals surface area contributed by atoms with Crippen LogP contribution in [0.1, 0.15) is 19.7 Å². The number of carbonyl (C=O) groups excluding carboxylic acids is 1. The maximum absolute atomic E-state index is 12.2. The van der Waals surface area contributed by atoms with Crippen molar-refractivity contribution in [3.8, 4) is 0 Å². The number of hydrogen-bond acceptors (Lipinski definition) is 3. The molecule has 0 bridgehead atoms. The van der Waals surface area contributed by atoms with Crippen LogP contribution in [-0.4, -0.2) is 33.4 Å². The van der Waals surface area contributed by atoms with Gasteiger partial charge in [0, 0.05) is 13.1 Å². The Hall–Kier alpha value is -1.88. The fraction of sp³-hybridized carbons (Fsp3) is 0.429. The number of rotatable bonds is 5. The first kappa shape index (κ1) is 13.5. The second-order valence-corrected chi connectivity index (χ2v) is 4.37. The molecular weight excluding hydrogens is 240 g/mol. The molecule has 2 aromatic rings. The normalized spacial score (nSPS) is 10.9. The molecule has 0 aliphatic carbocycles. The fourth-order valence-corrected chi connectivity index (χ4v) is 2.27. The van der Waals surface area contributed by atoms with E-state index in [9.17, 15) is 4.79 Å². The molecule has 0 fully saturated rings. The minimum Gasteiger partial charge on any atom is -0.342 e. The monoisotopic (exact) mass is 260 g/mol. The van der Waals surface area contributed by atoms with Gasteiger partial charge in [-0.05, 0) is 26.0 Å². The van der Waals surface area contributed by atoms with E-state index in [4.69, 9.17) is 5.73 Å². The van der Waals surface area contributed by atoms with E-state index in [-0.39, 0.29) is 5.91 Å². The molecule has 5 heteroatoms. The molecule has 0 saturated heterocycles. The van der Waals surface area contributed by atoms with Crippen molar-refractivity contribution in [2.75, 3.05) is 13.1 Å². The first-order valence-corrected chi connectivity index (χ1v) is 6.63. The van der Waals surface area contributed by atoms with Gasteiger partial charge >= 0.3 is 0 Å². The summed E-state index contributed by atoms with van der Waals surface area (Å²) in [7, 11) is 0. The molecule has 0 unspecified atom stereocenters. The number of fused-ring (bicyclic) bond motifs is 1. The number of para-hydroxylation sites is 2. The number of benzene rings is 1. The van der Waals surface area contributed by atoms with Crippen LogP contribution in [-0.2, 0) is 17.9 Å². The quantitative estimate of drug-likeness (QED) is 0.883. The fourth-order valence-electron chi connectivity index (χ4n) is 2.27. The lowest BCUT2D eigenvalue weighted by molar-refractivity contribution is -0.131. The predicted octanol–water partition coefficient (Wildman–Crippen LogP) is 1.36. The van der Waals surface area contributed by atoms with E-state index in [0.29, 0.717) is 13.1 Å². The summed E-state index contributed by atoms with van der Waals surface area (Å²) in [5, 5.41) is 0. The van der Waals surface area contributed by atoms with Crippen LogP contribution in [0.5, 0.6) is 0 Å². The molecule has 0 aliphatic rings. The van der Waals surface area contributed by atoms with Crippen molar-refractivity contribution in [1.82, 2.24) is 14.5 Å². The smallest absolute Gasteiger partial charge is 0.242 e. The van der Waals surface area contributed by atoms with Gasteiger partial charge in [-0.1, -0.05) is 12.1 Å². The maximum atomic E-state index is 12.2. The van der Waals surface area contributed by atoms with E-state index < -0.39 is 0 Å². The Labute approximate surface area is 113 Å². The van der Waals surface area contributed by atoms with Crippen molar-refractivity contribution in [2.45, 2.75) is 26.9 Å². The summed E-state index contributed by atoms with van der Waals surface area (Å²) in [4.78, 5) is 18.5. The molecule has 2 rings (SSSR count). The largest absolute Gasteiger partial charge is 0.342 e. The van der Waals surface area contributed by atoms with Gasteiger partial charge < -0.3 is 15.2 Å². The molecule has 1 aromatic heterocycles. The highest BCUT2D eigenvalue weighted by Crippen LogP contribution is 2.16. The van der Waals surface area contributed by atoms with E-state index in [1.54, 1.807) is 0 Å². The second-order valence-electron chi connectivity index (χ2n) is 4.37. The van der Waals surface area contributed by atoms with Crippen LogP contribution in [0.3, 0.4) is 0 Å². The van der Waals surface area contributed by atoms with Crippen molar-refractivity contribution in [2.24, 2.45) is 5.73 Å². The van der Waals surface area contributed by atoms with Crippen LogP contribution in [0.25, 0.3) is 11.0 Å². The lowest BCUT2D eigenvalue weighted by Crippen LogP contribution is -2.34. The number of imidazole rings is 1. The van der Waals surface area contributed by atoms with Gasteiger partial charge in [0.1, 0.15) is 12.4 Å². The van der Waals surface area contributed by atoms with Crippen LogP contribution in [0.15, 0.2) is 24.3 Å². The lowest BCUT2D eigenvalue weighted by atomic mass is 10.3. The molecular formula is C14H20N4O. The number of likely N-dealkylation sites (N-methyl/N-ethyl adjacent to an activating group) is 1. The number of aromatic nitrogens is 2. The van der Waals surface area contributed by atoms with Crippen molar-refractivity contribution in [1.29, 1.82) is 0 Å². The molecule has 0 radical (unpaired) electrons. The van der Waals surface area contributed by atoms with Crippen LogP contribution in [0.4, 0.5) is 0 Å². The molecule has 0 aliphatic heterocycles. The third-order valence-corrected chi connectivity index (χ3v) is 3.33. The van der Waals surface area contributed by atoms with Crippen LogP contribution in [0.2, 0.25) is 0 Å². The topological polar surface area (TPSA) is 64.2 Å². The number of hydrogen-bond donors (Lipinski definition) is 1. The SMILES string of the molecule is CCN(CC)C(=O)Cn1c(CN)nc2ccccc21. The Morgan fingerprint density at radius 2 is 2.00 bits per heavy atom. The molecule has 19 heavy (non-hydrogen) atoms. The van der Waals surface area contributed by atoms with Crippen LogP contribution >= 0.6 is 0 Å². The zero-order valence-electron chi connectivity index (χ0n) is 11.5. The van der Waals surface area contributed by atoms with Gasteiger partial charge in [0.05, 0.1) is 17.6 Å². The first-order valence-electron chi connectivity index (χ1n) is 6.63. The summed E-state index contributed by atoms with van der Waals surface area (Å²) < 4.78 is 1.91. The standard InChI is InChI=1S/C14H20N4O/c1-3-17(4-2)14(19)10-18-12-8-6-5-7-11(12)16-13(18)9-15/h5-8H,3-4,9-10,15H2,1-2H3. The Morgan fingerprint density at radius 3 is 2.63 bits per heavy atom. The van der Waals surface area contributed by atoms with E-state index in [2.05, 4.69) is 4.98 Å². The van der Waals surface area contributed by atoms with Crippen molar-refractivity contribution in [3.05, 3.63) is 30.1 Å². The summed E-state index contributed by atoms with van der Waals surface area (Å²) in [6, 6.07) is 7.79. The van der Waals surface area contributed by atoms with Gasteiger partial charge in [-0.2, -0.15) is 0 Å². The molecule has 0 atom stereocenters. The van der Waals surface area contributed by atoms with Crippen molar-refractivity contribution < 1.29 is 4.79 Å². The maximum Gasteiger partial charge on any atom is 0.242 e. The minimum absolute atomic E-state index is 0.0999. The zero-order chi connectivity index (χ0) is 13.8. The van der Waals surface area contributed by atoms with Gasteiger partial charge in [-0.3, -0.25) is 4.79 Å². The number of carbonyl (C=O) groups is 1. The number of nitrogens with two attached hydrogens (primary N) is 1. The predicted molar refractivity (Wildman–Crippen MR) is 75.6 cm³/mol. The summed E-state index contributed by atoms with van der Waals surface area (Å²) >= 11 is 0. The Kier molecular flexibility index (Phi) is 4.16. The summed E-state index contributed by atoms with van der Waals surface area (Å²) in [6.45, 7) is 6.04. The summed E-state index contributed by atoms with van der Waals surface area (Å²) in [5.41, 5.74) is 7.57. The molecule has 2 N–H and O–H groups in total. The van der Waals surface area contributed by atoms with Gasteiger partial charge in [-0.25, -0.2) is 4.98 Å². The van der Waals surface area contributed by atoms with Crippen molar-refractivity contribution >= 4 is 16.9 Å². The van der Waals surface area contributed by atoms with Gasteiger partial charge in [0.15, 0.2) is 0 Å². The number of nitrogens with zero attached hydrogens (tertiary/aromatic N) is 3. The Balaban J connectivity index is 2.36. The van der Waals surface area contributed by atoms with E-state index >= 15 is 0 Å². The highest BCUT2D eigenvalue weighted by atomic mass is 16.2. The average molecular weight is 260 g/mol. The second kappa shape index (κ2) is 5.84. The molecule has 1 amide bonds. The van der Waals surface area contributed by atoms with E-state index in [1.165, 1.54) is 0 Å². The van der Waals surface area contributed by atoms with Gasteiger partial charge in [-0.15, -0.1) is 0 Å². The van der Waals surface area contributed by atoms with E-state index in [0.717, 1.165) is 29.9 Å². The lowest BCUT2D eigenvalue weighted by Gasteiger charge is -2.19. The van der Waals surface area contributed by atoms with Gasteiger partial charge in [0.25, 0.3) is 0 Å². The van der Waals surface area contributed by atoms with E-state index in [1.807, 2.05) is 47.6 Å². The summed E-state index contributed by atoms with van der Waals surface area (Å²) in [5.74, 6) is 0.851. The third kappa shape index (κ3) is 2.61. The molecule has 0 spiro atoms. The van der Waals surface area contributed by atoms with Gasteiger partial charge in [0.2, 0.25) is 5.91 Å². The molecule has 1 aromatic carbocycles. The average Bonchev–Trinajstić information content (AvgIpc) is 2.78. The minimum atomic E-state index is 0.0999. The third-order valence-electron chi connectivity index (χ3n) is 3.33. The van der Waals surface area contributed by atoms with Crippen LogP contribution < -0.4 is 5.73 Å². The molecule has 102 valence electrons. The summed E-state index contributed by atoms with van der Waals surface area (Å²) in [6.07, 6.45) is 0. The Bertz CT molecular complexity index is 572. The van der Waals surface area contributed by atoms with Crippen molar-refractivity contribution in [3.63, 3.8) is 0 Å². The first-order chi connectivity index (χ1) is 9.21.